The predicted molar refractivity (Wildman–Crippen MR) is 97.5 cm³/mol. The number of carbonyl (C=O) groups is 1. The van der Waals surface area contributed by atoms with Crippen molar-refractivity contribution in [2.24, 2.45) is 5.73 Å². The van der Waals surface area contributed by atoms with Crippen LogP contribution in [0.25, 0.3) is 0 Å². The van der Waals surface area contributed by atoms with Gasteiger partial charge in [-0.05, 0) is 23.1 Å². The highest BCUT2D eigenvalue weighted by atomic mass is 16.1. The van der Waals surface area contributed by atoms with Crippen LogP contribution in [0.3, 0.4) is 0 Å². The van der Waals surface area contributed by atoms with Crippen LogP contribution in [0.2, 0.25) is 0 Å². The molecule has 3 rings (SSSR count). The summed E-state index contributed by atoms with van der Waals surface area (Å²) in [6.07, 6.45) is 0.531. The molecule has 0 unspecified atom stereocenters. The fraction of sp³-hybridized carbons (Fsp3) is 0.0909. The maximum absolute atomic E-state index is 13.1. The number of benzene rings is 3. The number of hydrogen-bond acceptors (Lipinski definition) is 2. The van der Waals surface area contributed by atoms with Gasteiger partial charge >= 0.3 is 0 Å². The van der Waals surface area contributed by atoms with Crippen LogP contribution in [0, 0.1) is 5.92 Å². The van der Waals surface area contributed by atoms with Gasteiger partial charge in [0.1, 0.15) is 5.92 Å². The van der Waals surface area contributed by atoms with Crippen molar-refractivity contribution in [1.82, 2.24) is 0 Å². The van der Waals surface area contributed by atoms with Crippen molar-refractivity contribution in [1.29, 1.82) is 0 Å². The molecule has 24 heavy (non-hydrogen) atoms. The molecule has 0 aliphatic carbocycles. The van der Waals surface area contributed by atoms with Crippen molar-refractivity contribution in [2.45, 2.75) is 12.5 Å². The van der Waals surface area contributed by atoms with E-state index in [4.69, 9.17) is 5.73 Å². The molecule has 0 saturated carbocycles. The first-order valence-electron chi connectivity index (χ1n) is 8.07. The van der Waals surface area contributed by atoms with Crippen LogP contribution < -0.4 is 5.73 Å². The molecule has 0 fully saturated rings. The van der Waals surface area contributed by atoms with Crippen LogP contribution in [0.5, 0.6) is 0 Å². The predicted octanol–water partition coefficient (Wildman–Crippen LogP) is 3.80. The lowest BCUT2D eigenvalue weighted by atomic mass is 9.83. The van der Waals surface area contributed by atoms with Gasteiger partial charge in [0.25, 0.3) is 0 Å². The van der Waals surface area contributed by atoms with Crippen molar-refractivity contribution >= 4 is 5.78 Å². The van der Waals surface area contributed by atoms with Crippen molar-refractivity contribution < 1.29 is 4.79 Å². The maximum atomic E-state index is 13.1. The Labute approximate surface area is 143 Å². The third-order valence-corrected chi connectivity index (χ3v) is 4.01. The van der Waals surface area contributed by atoms with E-state index >= 15 is 0 Å². The number of carbonyl (C=O) groups excluding carboxylic acids is 1. The molecular formula is C22H20NO. The van der Waals surface area contributed by atoms with Gasteiger partial charge in [0.05, 0.1) is 6.04 Å². The second kappa shape index (κ2) is 7.71. The average Bonchev–Trinajstić information content (AvgIpc) is 2.64. The lowest BCUT2D eigenvalue weighted by molar-refractivity contribution is -0.117. The van der Waals surface area contributed by atoms with Gasteiger partial charge in [0.15, 0.2) is 5.78 Å². The van der Waals surface area contributed by atoms with Gasteiger partial charge in [-0.2, -0.15) is 0 Å². The minimum Gasteiger partial charge on any atom is -0.321 e. The Kier molecular flexibility index (Phi) is 5.19. The Morgan fingerprint density at radius 2 is 1.12 bits per heavy atom. The molecule has 1 radical (unpaired) electrons. The highest BCUT2D eigenvalue weighted by Gasteiger charge is 2.28. The molecule has 3 aromatic carbocycles. The molecule has 0 spiro atoms. The van der Waals surface area contributed by atoms with Crippen molar-refractivity contribution in [3.05, 3.63) is 114 Å². The van der Waals surface area contributed by atoms with Crippen LogP contribution in [0.1, 0.15) is 16.7 Å². The Morgan fingerprint density at radius 1 is 0.708 bits per heavy atom. The quantitative estimate of drug-likeness (QED) is 0.752. The SMILES string of the molecule is N[C@@H](Cc1ccccc1)C(=O)[C](c1ccccc1)c1ccccc1. The number of nitrogens with two attached hydrogens (primary N) is 1. The van der Waals surface area contributed by atoms with E-state index in [1.807, 2.05) is 91.0 Å². The number of rotatable bonds is 6. The summed E-state index contributed by atoms with van der Waals surface area (Å²) in [7, 11) is 0. The Balaban J connectivity index is 1.89. The van der Waals surface area contributed by atoms with Gasteiger partial charge in [0, 0.05) is 0 Å². The summed E-state index contributed by atoms with van der Waals surface area (Å²) in [5.74, 6) is 0.649. The average molecular weight is 314 g/mol. The lowest BCUT2D eigenvalue weighted by Crippen LogP contribution is -2.37. The van der Waals surface area contributed by atoms with Gasteiger partial charge in [-0.3, -0.25) is 4.79 Å². The van der Waals surface area contributed by atoms with E-state index < -0.39 is 6.04 Å². The molecule has 1 atom stereocenters. The standard InChI is InChI=1S/C22H20NO/c23-20(16-17-10-4-1-5-11-17)22(24)21(18-12-6-2-7-13-18)19-14-8-3-9-15-19/h1-15,20H,16,23H2/t20-/m0/s1. The van der Waals surface area contributed by atoms with Crippen LogP contribution >= 0.6 is 0 Å². The summed E-state index contributed by atoms with van der Waals surface area (Å²) < 4.78 is 0. The van der Waals surface area contributed by atoms with E-state index in [2.05, 4.69) is 0 Å². The first-order valence-corrected chi connectivity index (χ1v) is 8.07. The van der Waals surface area contributed by atoms with Crippen LogP contribution in [-0.4, -0.2) is 11.8 Å². The minimum atomic E-state index is -0.567. The van der Waals surface area contributed by atoms with Crippen LogP contribution in [0.15, 0.2) is 91.0 Å². The number of hydrogen-bond donors (Lipinski definition) is 1. The second-order valence-electron chi connectivity index (χ2n) is 5.77. The zero-order chi connectivity index (χ0) is 16.8. The van der Waals surface area contributed by atoms with Gasteiger partial charge < -0.3 is 5.73 Å². The zero-order valence-corrected chi connectivity index (χ0v) is 13.4. The van der Waals surface area contributed by atoms with Gasteiger partial charge in [-0.15, -0.1) is 0 Å². The normalized spacial score (nSPS) is 12.1. The zero-order valence-electron chi connectivity index (χ0n) is 13.4. The van der Waals surface area contributed by atoms with E-state index in [-0.39, 0.29) is 5.78 Å². The third-order valence-electron chi connectivity index (χ3n) is 4.01. The third kappa shape index (κ3) is 3.79. The molecule has 119 valence electrons. The van der Waals surface area contributed by atoms with Crippen molar-refractivity contribution in [3.8, 4) is 0 Å². The number of Topliss-reactive ketones (excluding diaryl/α,β-unsaturated/α-hetero) is 1. The highest BCUT2D eigenvalue weighted by Crippen LogP contribution is 2.26. The number of ketones is 1. The maximum Gasteiger partial charge on any atom is 0.166 e. The first-order chi connectivity index (χ1) is 11.8. The minimum absolute atomic E-state index is 0.0312. The van der Waals surface area contributed by atoms with E-state index in [1.165, 1.54) is 0 Å². The monoisotopic (exact) mass is 314 g/mol. The second-order valence-corrected chi connectivity index (χ2v) is 5.77. The van der Waals surface area contributed by atoms with Gasteiger partial charge in [-0.1, -0.05) is 91.0 Å². The molecule has 2 N–H and O–H groups in total. The van der Waals surface area contributed by atoms with Gasteiger partial charge in [0.2, 0.25) is 0 Å². The van der Waals surface area contributed by atoms with E-state index in [1.54, 1.807) is 0 Å². The Morgan fingerprint density at radius 3 is 1.58 bits per heavy atom. The van der Waals surface area contributed by atoms with Crippen molar-refractivity contribution in [3.63, 3.8) is 0 Å². The molecule has 0 heterocycles. The molecule has 2 heteroatoms. The fourth-order valence-electron chi connectivity index (χ4n) is 2.81. The summed E-state index contributed by atoms with van der Waals surface area (Å²) in [6, 6.07) is 28.8. The van der Waals surface area contributed by atoms with Crippen LogP contribution in [-0.2, 0) is 11.2 Å². The largest absolute Gasteiger partial charge is 0.321 e. The molecule has 0 aromatic heterocycles. The van der Waals surface area contributed by atoms with Gasteiger partial charge in [-0.25, -0.2) is 0 Å². The molecular weight excluding hydrogens is 294 g/mol. The Hall–Kier alpha value is -2.71. The first kappa shape index (κ1) is 16.2. The fourth-order valence-corrected chi connectivity index (χ4v) is 2.81. The summed E-state index contributed by atoms with van der Waals surface area (Å²) in [5.41, 5.74) is 9.12. The highest BCUT2D eigenvalue weighted by molar-refractivity contribution is 6.03. The molecule has 0 amide bonds. The smallest absolute Gasteiger partial charge is 0.166 e. The summed E-state index contributed by atoms with van der Waals surface area (Å²) >= 11 is 0. The molecule has 0 saturated heterocycles. The van der Waals surface area contributed by atoms with Crippen LogP contribution in [0.4, 0.5) is 0 Å². The van der Waals surface area contributed by atoms with Crippen molar-refractivity contribution in [2.75, 3.05) is 0 Å². The van der Waals surface area contributed by atoms with E-state index in [9.17, 15) is 4.79 Å². The van der Waals surface area contributed by atoms with E-state index in [0.717, 1.165) is 16.7 Å². The summed E-state index contributed by atoms with van der Waals surface area (Å²) in [6.45, 7) is 0. The molecule has 2 nitrogen and oxygen atoms in total. The lowest BCUT2D eigenvalue weighted by Gasteiger charge is -2.20. The molecule has 3 aromatic rings. The summed E-state index contributed by atoms with van der Waals surface area (Å²) in [4.78, 5) is 13.1. The summed E-state index contributed by atoms with van der Waals surface area (Å²) in [5, 5.41) is 0. The molecule has 0 bridgehead atoms. The molecule has 0 aliphatic rings. The topological polar surface area (TPSA) is 43.1 Å². The Bertz CT molecular complexity index is 729. The van der Waals surface area contributed by atoms with E-state index in [0.29, 0.717) is 12.3 Å². The molecule has 0 aliphatic heterocycles.